The number of carbonyl (C=O) groups is 2. The van der Waals surface area contributed by atoms with Crippen LogP contribution in [0.5, 0.6) is 0 Å². The molecule has 1 N–H and O–H groups in total. The second kappa shape index (κ2) is 7.40. The molecule has 0 aromatic carbocycles. The van der Waals surface area contributed by atoms with Crippen LogP contribution >= 0.6 is 11.8 Å². The van der Waals surface area contributed by atoms with Crippen molar-refractivity contribution in [1.29, 1.82) is 0 Å². The molecule has 0 amide bonds. The van der Waals surface area contributed by atoms with Crippen molar-refractivity contribution >= 4 is 22.8 Å². The standard InChI is InChI=1S/C13H20O6S/c1-8(14)20-6-9(13(15)16)5-17-10-2-3-11-12(4-10)19-7-18-11/h9-12H,2-7H2,1H3,(H,15,16). The van der Waals surface area contributed by atoms with Crippen LogP contribution in [0.4, 0.5) is 0 Å². The summed E-state index contributed by atoms with van der Waals surface area (Å²) in [7, 11) is 0. The first-order valence-corrected chi connectivity index (χ1v) is 7.75. The second-order valence-electron chi connectivity index (χ2n) is 5.13. The van der Waals surface area contributed by atoms with Gasteiger partial charge in [-0.3, -0.25) is 9.59 Å². The van der Waals surface area contributed by atoms with Gasteiger partial charge in [-0.25, -0.2) is 0 Å². The van der Waals surface area contributed by atoms with E-state index in [4.69, 9.17) is 19.3 Å². The van der Waals surface area contributed by atoms with Crippen molar-refractivity contribution in [3.05, 3.63) is 0 Å². The van der Waals surface area contributed by atoms with E-state index in [9.17, 15) is 9.59 Å². The van der Waals surface area contributed by atoms with Crippen LogP contribution in [0.3, 0.4) is 0 Å². The first kappa shape index (κ1) is 15.8. The van der Waals surface area contributed by atoms with Gasteiger partial charge in [0.05, 0.1) is 30.8 Å². The quantitative estimate of drug-likeness (QED) is 0.791. The summed E-state index contributed by atoms with van der Waals surface area (Å²) in [6, 6.07) is 0. The van der Waals surface area contributed by atoms with Crippen LogP contribution in [0.15, 0.2) is 0 Å². The normalized spacial score (nSPS) is 30.8. The average Bonchev–Trinajstić information content (AvgIpc) is 2.85. The highest BCUT2D eigenvalue weighted by atomic mass is 32.2. The zero-order valence-electron chi connectivity index (χ0n) is 11.4. The molecule has 7 heteroatoms. The Kier molecular flexibility index (Phi) is 5.83. The number of fused-ring (bicyclic) bond motifs is 1. The molecule has 2 fully saturated rings. The molecule has 0 spiro atoms. The Morgan fingerprint density at radius 2 is 2.10 bits per heavy atom. The lowest BCUT2D eigenvalue weighted by Gasteiger charge is -2.30. The van der Waals surface area contributed by atoms with E-state index < -0.39 is 11.9 Å². The molecule has 4 atom stereocenters. The largest absolute Gasteiger partial charge is 0.481 e. The van der Waals surface area contributed by atoms with Crippen LogP contribution in [0.25, 0.3) is 0 Å². The van der Waals surface area contributed by atoms with Crippen molar-refractivity contribution in [1.82, 2.24) is 0 Å². The molecule has 2 aliphatic rings. The predicted octanol–water partition coefficient (Wildman–Crippen LogP) is 1.28. The number of carbonyl (C=O) groups excluding carboxylic acids is 1. The second-order valence-corrected chi connectivity index (χ2v) is 6.33. The molecule has 0 bridgehead atoms. The summed E-state index contributed by atoms with van der Waals surface area (Å²) in [5.74, 6) is -1.32. The molecule has 1 heterocycles. The zero-order valence-corrected chi connectivity index (χ0v) is 12.3. The minimum Gasteiger partial charge on any atom is -0.481 e. The average molecular weight is 304 g/mol. The summed E-state index contributed by atoms with van der Waals surface area (Å²) < 4.78 is 16.6. The van der Waals surface area contributed by atoms with Gasteiger partial charge in [0, 0.05) is 19.1 Å². The fraction of sp³-hybridized carbons (Fsp3) is 0.846. The summed E-state index contributed by atoms with van der Waals surface area (Å²) in [6.07, 6.45) is 2.74. The SMILES string of the molecule is CC(=O)SCC(COC1CCC2OCOC2C1)C(=O)O. The van der Waals surface area contributed by atoms with Crippen molar-refractivity contribution in [3.8, 4) is 0 Å². The number of hydrogen-bond donors (Lipinski definition) is 1. The summed E-state index contributed by atoms with van der Waals surface area (Å²) in [5.41, 5.74) is 0. The smallest absolute Gasteiger partial charge is 0.309 e. The van der Waals surface area contributed by atoms with Crippen LogP contribution in [0, 0.1) is 5.92 Å². The van der Waals surface area contributed by atoms with Gasteiger partial charge in [-0.05, 0) is 12.8 Å². The van der Waals surface area contributed by atoms with Crippen molar-refractivity contribution in [2.75, 3.05) is 19.2 Å². The molecular formula is C13H20O6S. The van der Waals surface area contributed by atoms with Crippen LogP contribution in [-0.2, 0) is 23.8 Å². The highest BCUT2D eigenvalue weighted by Crippen LogP contribution is 2.30. The molecule has 2 rings (SSSR count). The number of aliphatic carboxylic acids is 1. The van der Waals surface area contributed by atoms with Crippen LogP contribution in [-0.4, -0.2) is 53.7 Å². The molecule has 6 nitrogen and oxygen atoms in total. The van der Waals surface area contributed by atoms with Crippen LogP contribution in [0.1, 0.15) is 26.2 Å². The Morgan fingerprint density at radius 3 is 2.80 bits per heavy atom. The molecule has 0 aromatic heterocycles. The Labute approximate surface area is 122 Å². The third kappa shape index (κ3) is 4.44. The van der Waals surface area contributed by atoms with E-state index in [0.29, 0.717) is 6.79 Å². The predicted molar refractivity (Wildman–Crippen MR) is 72.5 cm³/mol. The van der Waals surface area contributed by atoms with Gasteiger partial charge in [0.1, 0.15) is 6.79 Å². The van der Waals surface area contributed by atoms with Gasteiger partial charge in [-0.2, -0.15) is 0 Å². The van der Waals surface area contributed by atoms with Gasteiger partial charge in [0.15, 0.2) is 5.12 Å². The number of rotatable bonds is 6. The van der Waals surface area contributed by atoms with E-state index in [-0.39, 0.29) is 35.8 Å². The minimum absolute atomic E-state index is 0.0159. The van der Waals surface area contributed by atoms with E-state index in [1.54, 1.807) is 0 Å². The van der Waals surface area contributed by atoms with E-state index in [0.717, 1.165) is 31.0 Å². The number of thioether (sulfide) groups is 1. The summed E-state index contributed by atoms with van der Waals surface area (Å²) in [5, 5.41) is 9.04. The lowest BCUT2D eigenvalue weighted by Crippen LogP contribution is -2.36. The first-order valence-electron chi connectivity index (χ1n) is 6.77. The third-order valence-corrected chi connectivity index (χ3v) is 4.59. The number of carboxylic acid groups (broad SMARTS) is 1. The molecule has 114 valence electrons. The molecule has 0 aromatic rings. The molecule has 20 heavy (non-hydrogen) atoms. The van der Waals surface area contributed by atoms with Gasteiger partial charge in [-0.15, -0.1) is 0 Å². The van der Waals surface area contributed by atoms with Crippen molar-refractivity contribution in [2.45, 2.75) is 44.5 Å². The van der Waals surface area contributed by atoms with Gasteiger partial charge in [0.2, 0.25) is 0 Å². The molecule has 1 aliphatic carbocycles. The first-order chi connectivity index (χ1) is 9.56. The molecule has 4 unspecified atom stereocenters. The maximum absolute atomic E-state index is 11.1. The molecule has 0 radical (unpaired) electrons. The Bertz CT molecular complexity index is 361. The van der Waals surface area contributed by atoms with Gasteiger partial charge < -0.3 is 19.3 Å². The van der Waals surface area contributed by atoms with Crippen molar-refractivity contribution in [3.63, 3.8) is 0 Å². The van der Waals surface area contributed by atoms with Gasteiger partial charge in [-0.1, -0.05) is 11.8 Å². The third-order valence-electron chi connectivity index (χ3n) is 3.62. The van der Waals surface area contributed by atoms with Crippen molar-refractivity contribution < 1.29 is 28.9 Å². The topological polar surface area (TPSA) is 82.1 Å². The monoisotopic (exact) mass is 304 g/mol. The summed E-state index contributed by atoms with van der Waals surface area (Å²) >= 11 is 1.03. The molecular weight excluding hydrogens is 284 g/mol. The van der Waals surface area contributed by atoms with Crippen LogP contribution < -0.4 is 0 Å². The molecule has 1 saturated heterocycles. The van der Waals surface area contributed by atoms with Crippen LogP contribution in [0.2, 0.25) is 0 Å². The zero-order chi connectivity index (χ0) is 14.5. The molecule has 1 saturated carbocycles. The lowest BCUT2D eigenvalue weighted by atomic mass is 9.92. The number of hydrogen-bond acceptors (Lipinski definition) is 6. The van der Waals surface area contributed by atoms with Crippen molar-refractivity contribution in [2.24, 2.45) is 5.92 Å². The van der Waals surface area contributed by atoms with E-state index >= 15 is 0 Å². The van der Waals surface area contributed by atoms with Gasteiger partial charge in [0.25, 0.3) is 0 Å². The number of carboxylic acids is 1. The maximum Gasteiger partial charge on any atom is 0.309 e. The fourth-order valence-electron chi connectivity index (χ4n) is 2.46. The summed E-state index contributed by atoms with van der Waals surface area (Å²) in [6.45, 7) is 1.91. The number of ether oxygens (including phenoxy) is 3. The van der Waals surface area contributed by atoms with E-state index in [1.807, 2.05) is 0 Å². The summed E-state index contributed by atoms with van der Waals surface area (Å²) in [4.78, 5) is 22.0. The van der Waals surface area contributed by atoms with E-state index in [1.165, 1.54) is 6.92 Å². The fourth-order valence-corrected chi connectivity index (χ4v) is 3.13. The van der Waals surface area contributed by atoms with E-state index in [2.05, 4.69) is 0 Å². The minimum atomic E-state index is -0.923. The lowest BCUT2D eigenvalue weighted by molar-refractivity contribution is -0.144. The highest BCUT2D eigenvalue weighted by molar-refractivity contribution is 8.13. The highest BCUT2D eigenvalue weighted by Gasteiger charge is 2.36. The molecule has 1 aliphatic heterocycles. The van der Waals surface area contributed by atoms with Gasteiger partial charge >= 0.3 is 5.97 Å². The Morgan fingerprint density at radius 1 is 1.35 bits per heavy atom. The Balaban J connectivity index is 1.74. The maximum atomic E-state index is 11.1. The Hall–Kier alpha value is -0.630.